The number of ether oxygens (including phenoxy) is 1. The Balaban J connectivity index is 1.70. The van der Waals surface area contributed by atoms with Crippen LogP contribution in [0.25, 0.3) is 11.4 Å². The van der Waals surface area contributed by atoms with Gasteiger partial charge in [0.05, 0.1) is 25.6 Å². The van der Waals surface area contributed by atoms with Gasteiger partial charge in [-0.15, -0.1) is 0 Å². The van der Waals surface area contributed by atoms with Crippen molar-refractivity contribution in [3.05, 3.63) is 60.2 Å². The second-order valence-electron chi connectivity index (χ2n) is 6.67. The third-order valence-corrected chi connectivity index (χ3v) is 5.62. The summed E-state index contributed by atoms with van der Waals surface area (Å²) in [6.07, 6.45) is 0.945. The zero-order valence-electron chi connectivity index (χ0n) is 17.1. The van der Waals surface area contributed by atoms with E-state index < -0.39 is 27.8 Å². The van der Waals surface area contributed by atoms with Crippen LogP contribution in [0.2, 0.25) is 0 Å². The standard InChI is InChI=1S/C20H21FN4O5S/c1-13(25(31(3,27)28)16-6-4-5-15(21)11-16)20(26)22-12-18-23-19(24-30-18)14-7-9-17(29-2)10-8-14/h4-11,13H,12H2,1-3H3,(H,22,26). The van der Waals surface area contributed by atoms with Crippen LogP contribution in [0.15, 0.2) is 53.1 Å². The molecule has 164 valence electrons. The lowest BCUT2D eigenvalue weighted by molar-refractivity contribution is -0.122. The van der Waals surface area contributed by atoms with E-state index >= 15 is 0 Å². The van der Waals surface area contributed by atoms with Crippen molar-refractivity contribution in [1.29, 1.82) is 0 Å². The topological polar surface area (TPSA) is 115 Å². The number of carbonyl (C=O) groups is 1. The monoisotopic (exact) mass is 448 g/mol. The molecule has 31 heavy (non-hydrogen) atoms. The summed E-state index contributed by atoms with van der Waals surface area (Å²) in [5.41, 5.74) is 0.745. The summed E-state index contributed by atoms with van der Waals surface area (Å²) >= 11 is 0. The largest absolute Gasteiger partial charge is 0.497 e. The molecule has 1 N–H and O–H groups in total. The quantitative estimate of drug-likeness (QED) is 0.563. The molecular formula is C20H21FN4O5S. The van der Waals surface area contributed by atoms with E-state index in [-0.39, 0.29) is 18.1 Å². The number of carbonyl (C=O) groups excluding carboxylic acids is 1. The van der Waals surface area contributed by atoms with Crippen LogP contribution in [0, 0.1) is 5.82 Å². The highest BCUT2D eigenvalue weighted by Gasteiger charge is 2.29. The average Bonchev–Trinajstić information content (AvgIpc) is 3.20. The zero-order valence-corrected chi connectivity index (χ0v) is 17.9. The van der Waals surface area contributed by atoms with Crippen molar-refractivity contribution in [2.75, 3.05) is 17.7 Å². The first-order valence-electron chi connectivity index (χ1n) is 9.18. The number of halogens is 1. The second-order valence-corrected chi connectivity index (χ2v) is 8.53. The summed E-state index contributed by atoms with van der Waals surface area (Å²) in [5, 5.41) is 6.43. The first kappa shape index (κ1) is 22.2. The molecule has 0 saturated heterocycles. The van der Waals surface area contributed by atoms with Crippen LogP contribution in [0.3, 0.4) is 0 Å². The van der Waals surface area contributed by atoms with Gasteiger partial charge in [0.1, 0.15) is 17.6 Å². The third-order valence-electron chi connectivity index (χ3n) is 4.38. The molecule has 0 saturated carbocycles. The van der Waals surface area contributed by atoms with Crippen molar-refractivity contribution < 1.29 is 26.9 Å². The number of amides is 1. The summed E-state index contributed by atoms with van der Waals surface area (Å²) < 4.78 is 49.2. The van der Waals surface area contributed by atoms with Crippen LogP contribution in [0.1, 0.15) is 12.8 Å². The highest BCUT2D eigenvalue weighted by Crippen LogP contribution is 2.22. The number of nitrogens with one attached hydrogen (secondary N) is 1. The van der Waals surface area contributed by atoms with E-state index in [4.69, 9.17) is 9.26 Å². The van der Waals surface area contributed by atoms with Crippen LogP contribution in [0.4, 0.5) is 10.1 Å². The molecule has 1 unspecified atom stereocenters. The number of benzene rings is 2. The number of sulfonamides is 1. The number of hydrogen-bond acceptors (Lipinski definition) is 7. The van der Waals surface area contributed by atoms with Gasteiger partial charge in [-0.25, -0.2) is 12.8 Å². The summed E-state index contributed by atoms with van der Waals surface area (Å²) in [7, 11) is -2.30. The van der Waals surface area contributed by atoms with Gasteiger partial charge in [0.25, 0.3) is 0 Å². The van der Waals surface area contributed by atoms with Crippen LogP contribution in [-0.2, 0) is 21.4 Å². The second kappa shape index (κ2) is 9.13. The van der Waals surface area contributed by atoms with Gasteiger partial charge in [-0.1, -0.05) is 11.2 Å². The lowest BCUT2D eigenvalue weighted by Crippen LogP contribution is -2.47. The smallest absolute Gasteiger partial charge is 0.246 e. The van der Waals surface area contributed by atoms with Gasteiger partial charge in [-0.3, -0.25) is 9.10 Å². The number of rotatable bonds is 8. The Kier molecular flexibility index (Phi) is 6.54. The van der Waals surface area contributed by atoms with E-state index in [2.05, 4.69) is 15.5 Å². The van der Waals surface area contributed by atoms with E-state index in [1.54, 1.807) is 31.4 Å². The van der Waals surface area contributed by atoms with Gasteiger partial charge in [-0.2, -0.15) is 4.98 Å². The lowest BCUT2D eigenvalue weighted by atomic mass is 10.2. The predicted molar refractivity (Wildman–Crippen MR) is 111 cm³/mol. The van der Waals surface area contributed by atoms with Crippen LogP contribution < -0.4 is 14.4 Å². The Bertz CT molecular complexity index is 1160. The normalized spacial score (nSPS) is 12.3. The molecule has 3 aromatic rings. The predicted octanol–water partition coefficient (Wildman–Crippen LogP) is 2.36. The van der Waals surface area contributed by atoms with Crippen molar-refractivity contribution in [2.45, 2.75) is 19.5 Å². The first-order valence-corrected chi connectivity index (χ1v) is 11.0. The maximum atomic E-state index is 13.6. The SMILES string of the molecule is COc1ccc(-c2noc(CNC(=O)C(C)N(c3cccc(F)c3)S(C)(=O)=O)n2)cc1. The highest BCUT2D eigenvalue weighted by atomic mass is 32.2. The van der Waals surface area contributed by atoms with Gasteiger partial charge in [0.2, 0.25) is 27.6 Å². The van der Waals surface area contributed by atoms with Crippen molar-refractivity contribution >= 4 is 21.6 Å². The Morgan fingerprint density at radius 2 is 1.97 bits per heavy atom. The Morgan fingerprint density at radius 3 is 2.58 bits per heavy atom. The summed E-state index contributed by atoms with van der Waals surface area (Å²) in [6, 6.07) is 10.9. The van der Waals surface area contributed by atoms with E-state index in [0.29, 0.717) is 17.1 Å². The Labute approximate surface area is 178 Å². The third kappa shape index (κ3) is 5.37. The number of hydrogen-bond donors (Lipinski definition) is 1. The Morgan fingerprint density at radius 1 is 1.26 bits per heavy atom. The molecule has 0 aliphatic rings. The van der Waals surface area contributed by atoms with Crippen LogP contribution in [0.5, 0.6) is 5.75 Å². The molecule has 3 rings (SSSR count). The van der Waals surface area contributed by atoms with Gasteiger partial charge in [0.15, 0.2) is 0 Å². The molecule has 1 amide bonds. The summed E-state index contributed by atoms with van der Waals surface area (Å²) in [5.74, 6) is -0.0717. The number of anilines is 1. The van der Waals surface area contributed by atoms with Crippen molar-refractivity contribution in [3.63, 3.8) is 0 Å². The number of aromatic nitrogens is 2. The molecule has 0 spiro atoms. The highest BCUT2D eigenvalue weighted by molar-refractivity contribution is 7.92. The molecular weight excluding hydrogens is 427 g/mol. The first-order chi connectivity index (χ1) is 14.7. The minimum absolute atomic E-state index is 0.0460. The zero-order chi connectivity index (χ0) is 22.6. The van der Waals surface area contributed by atoms with Gasteiger partial charge in [0, 0.05) is 5.56 Å². The molecule has 0 aliphatic carbocycles. The minimum Gasteiger partial charge on any atom is -0.497 e. The summed E-state index contributed by atoms with van der Waals surface area (Å²) in [4.78, 5) is 16.8. The molecule has 0 fully saturated rings. The van der Waals surface area contributed by atoms with E-state index in [9.17, 15) is 17.6 Å². The fraction of sp³-hybridized carbons (Fsp3) is 0.250. The maximum absolute atomic E-state index is 13.6. The molecule has 0 aliphatic heterocycles. The van der Waals surface area contributed by atoms with E-state index in [1.807, 2.05) is 0 Å². The van der Waals surface area contributed by atoms with Crippen molar-refractivity contribution in [1.82, 2.24) is 15.5 Å². The fourth-order valence-corrected chi connectivity index (χ4v) is 4.08. The molecule has 11 heteroatoms. The lowest BCUT2D eigenvalue weighted by Gasteiger charge is -2.28. The molecule has 9 nitrogen and oxygen atoms in total. The van der Waals surface area contributed by atoms with Crippen LogP contribution in [-0.4, -0.2) is 43.9 Å². The van der Waals surface area contributed by atoms with Gasteiger partial charge in [-0.05, 0) is 49.4 Å². The maximum Gasteiger partial charge on any atom is 0.246 e. The summed E-state index contributed by atoms with van der Waals surface area (Å²) in [6.45, 7) is 1.30. The van der Waals surface area contributed by atoms with Crippen LogP contribution >= 0.6 is 0 Å². The molecule has 2 aromatic carbocycles. The molecule has 1 heterocycles. The molecule has 0 bridgehead atoms. The van der Waals surface area contributed by atoms with Crippen molar-refractivity contribution in [2.24, 2.45) is 0 Å². The van der Waals surface area contributed by atoms with Gasteiger partial charge < -0.3 is 14.6 Å². The molecule has 1 atom stereocenters. The average molecular weight is 448 g/mol. The number of nitrogens with zero attached hydrogens (tertiary/aromatic N) is 3. The minimum atomic E-state index is -3.86. The van der Waals surface area contributed by atoms with E-state index in [1.165, 1.54) is 25.1 Å². The Hall–Kier alpha value is -3.47. The molecule has 0 radical (unpaired) electrons. The molecule has 1 aromatic heterocycles. The van der Waals surface area contributed by atoms with Crippen molar-refractivity contribution in [3.8, 4) is 17.1 Å². The number of methoxy groups -OCH3 is 1. The fourth-order valence-electron chi connectivity index (χ4n) is 2.92. The van der Waals surface area contributed by atoms with E-state index in [0.717, 1.165) is 16.6 Å². The van der Waals surface area contributed by atoms with Gasteiger partial charge >= 0.3 is 0 Å².